The highest BCUT2D eigenvalue weighted by Crippen LogP contribution is 2.25. The van der Waals surface area contributed by atoms with Gasteiger partial charge in [-0.2, -0.15) is 0 Å². The molecule has 1 heterocycles. The number of carbonyl (C=O) groups is 1. The summed E-state index contributed by atoms with van der Waals surface area (Å²) in [5, 5.41) is 6.23. The second-order valence-electron chi connectivity index (χ2n) is 6.24. The third kappa shape index (κ3) is 4.19. The molecule has 1 aliphatic carbocycles. The maximum absolute atomic E-state index is 12.4. The van der Waals surface area contributed by atoms with Gasteiger partial charge in [-0.05, 0) is 61.4 Å². The van der Waals surface area contributed by atoms with Crippen LogP contribution >= 0.6 is 0 Å². The first-order valence-corrected chi connectivity index (χ1v) is 8.63. The lowest BCUT2D eigenvalue weighted by molar-refractivity contribution is 0.102. The van der Waals surface area contributed by atoms with E-state index in [4.69, 9.17) is 4.74 Å². The summed E-state index contributed by atoms with van der Waals surface area (Å²) in [6.45, 7) is 0. The van der Waals surface area contributed by atoms with Gasteiger partial charge in [0, 0.05) is 23.6 Å². The molecular formula is C21H19N3O2. The number of benzene rings is 2. The third-order valence-electron chi connectivity index (χ3n) is 4.03. The molecule has 0 saturated heterocycles. The van der Waals surface area contributed by atoms with Crippen molar-refractivity contribution in [3.05, 3.63) is 78.6 Å². The number of ether oxygens (including phenoxy) is 1. The van der Waals surface area contributed by atoms with Crippen LogP contribution in [-0.4, -0.2) is 16.9 Å². The Balaban J connectivity index is 1.39. The maximum atomic E-state index is 12.4. The van der Waals surface area contributed by atoms with Crippen molar-refractivity contribution < 1.29 is 9.53 Å². The Morgan fingerprint density at radius 1 is 0.923 bits per heavy atom. The van der Waals surface area contributed by atoms with Crippen molar-refractivity contribution in [2.45, 2.75) is 18.9 Å². The minimum absolute atomic E-state index is 0.235. The summed E-state index contributed by atoms with van der Waals surface area (Å²) >= 11 is 0. The minimum atomic E-state index is -0.235. The maximum Gasteiger partial charge on any atom is 0.274 e. The molecule has 1 fully saturated rings. The zero-order valence-corrected chi connectivity index (χ0v) is 14.2. The predicted octanol–water partition coefficient (Wildman–Crippen LogP) is 4.70. The predicted molar refractivity (Wildman–Crippen MR) is 102 cm³/mol. The van der Waals surface area contributed by atoms with E-state index in [2.05, 4.69) is 15.6 Å². The molecule has 5 nitrogen and oxygen atoms in total. The van der Waals surface area contributed by atoms with Crippen LogP contribution in [0.15, 0.2) is 72.9 Å². The van der Waals surface area contributed by atoms with Crippen LogP contribution in [0.4, 0.5) is 11.4 Å². The van der Waals surface area contributed by atoms with Crippen LogP contribution in [0.3, 0.4) is 0 Å². The number of rotatable bonds is 6. The van der Waals surface area contributed by atoms with Crippen LogP contribution in [0.25, 0.3) is 0 Å². The molecule has 0 atom stereocenters. The summed E-state index contributed by atoms with van der Waals surface area (Å²) in [6.07, 6.45) is 4.01. The van der Waals surface area contributed by atoms with E-state index in [0.29, 0.717) is 23.2 Å². The molecule has 1 aromatic heterocycles. The highest BCUT2D eigenvalue weighted by molar-refractivity contribution is 6.03. The van der Waals surface area contributed by atoms with Crippen LogP contribution < -0.4 is 15.4 Å². The van der Waals surface area contributed by atoms with E-state index < -0.39 is 0 Å². The third-order valence-corrected chi connectivity index (χ3v) is 4.03. The molecule has 2 N–H and O–H groups in total. The molecule has 1 saturated carbocycles. The Morgan fingerprint density at radius 3 is 2.38 bits per heavy atom. The normalized spacial score (nSPS) is 13.1. The number of nitrogens with zero attached hydrogens (tertiary/aromatic N) is 1. The Hall–Kier alpha value is -3.34. The number of nitrogens with one attached hydrogen (secondary N) is 2. The lowest BCUT2D eigenvalue weighted by Crippen LogP contribution is -2.14. The molecule has 4 rings (SSSR count). The number of carbonyl (C=O) groups excluding carboxylic acids is 1. The largest absolute Gasteiger partial charge is 0.457 e. The Labute approximate surface area is 152 Å². The van der Waals surface area contributed by atoms with E-state index in [9.17, 15) is 4.79 Å². The monoisotopic (exact) mass is 345 g/mol. The van der Waals surface area contributed by atoms with Crippen LogP contribution in [0, 0.1) is 0 Å². The summed E-state index contributed by atoms with van der Waals surface area (Å²) in [4.78, 5) is 16.6. The second-order valence-corrected chi connectivity index (χ2v) is 6.24. The van der Waals surface area contributed by atoms with E-state index in [1.165, 1.54) is 12.8 Å². The number of pyridine rings is 1. The average molecular weight is 345 g/mol. The quantitative estimate of drug-likeness (QED) is 0.680. The van der Waals surface area contributed by atoms with Crippen molar-refractivity contribution in [2.24, 2.45) is 0 Å². The minimum Gasteiger partial charge on any atom is -0.457 e. The van der Waals surface area contributed by atoms with Gasteiger partial charge in [0.1, 0.15) is 17.2 Å². The highest BCUT2D eigenvalue weighted by atomic mass is 16.5. The van der Waals surface area contributed by atoms with E-state index in [1.807, 2.05) is 60.7 Å². The van der Waals surface area contributed by atoms with E-state index in [1.54, 1.807) is 12.3 Å². The molecule has 0 radical (unpaired) electrons. The number of anilines is 2. The van der Waals surface area contributed by atoms with Gasteiger partial charge in [0.25, 0.3) is 5.91 Å². The van der Waals surface area contributed by atoms with Gasteiger partial charge in [0.05, 0.1) is 0 Å². The average Bonchev–Trinajstić information content (AvgIpc) is 3.48. The number of hydrogen-bond acceptors (Lipinski definition) is 4. The molecule has 5 heteroatoms. The smallest absolute Gasteiger partial charge is 0.274 e. The van der Waals surface area contributed by atoms with Crippen LogP contribution in [-0.2, 0) is 0 Å². The second kappa shape index (κ2) is 7.27. The highest BCUT2D eigenvalue weighted by Gasteiger charge is 2.21. The van der Waals surface area contributed by atoms with Crippen LogP contribution in [0.1, 0.15) is 23.3 Å². The summed E-state index contributed by atoms with van der Waals surface area (Å²) in [5.74, 6) is 1.25. The van der Waals surface area contributed by atoms with Crippen LogP contribution in [0.2, 0.25) is 0 Å². The number of hydrogen-bond donors (Lipinski definition) is 2. The summed E-state index contributed by atoms with van der Waals surface area (Å²) in [7, 11) is 0. The molecule has 26 heavy (non-hydrogen) atoms. The van der Waals surface area contributed by atoms with Gasteiger partial charge in [-0.1, -0.05) is 18.2 Å². The number of para-hydroxylation sites is 1. The van der Waals surface area contributed by atoms with Gasteiger partial charge in [-0.3, -0.25) is 9.78 Å². The summed E-state index contributed by atoms with van der Waals surface area (Å²) in [6, 6.07) is 21.0. The van der Waals surface area contributed by atoms with Crippen molar-refractivity contribution in [2.75, 3.05) is 10.6 Å². The van der Waals surface area contributed by atoms with Gasteiger partial charge in [0.15, 0.2) is 0 Å². The first-order chi connectivity index (χ1) is 12.8. The lowest BCUT2D eigenvalue weighted by atomic mass is 10.2. The van der Waals surface area contributed by atoms with Gasteiger partial charge >= 0.3 is 0 Å². The van der Waals surface area contributed by atoms with Crippen molar-refractivity contribution in [1.82, 2.24) is 4.98 Å². The number of aromatic nitrogens is 1. The zero-order chi connectivity index (χ0) is 17.8. The van der Waals surface area contributed by atoms with Crippen molar-refractivity contribution in [3.8, 4) is 11.5 Å². The number of amides is 1. The Bertz CT molecular complexity index is 891. The molecule has 0 unspecified atom stereocenters. The topological polar surface area (TPSA) is 63.2 Å². The first kappa shape index (κ1) is 16.1. The molecule has 1 aliphatic rings. The van der Waals surface area contributed by atoms with E-state index in [-0.39, 0.29) is 5.91 Å². The SMILES string of the molecule is O=C(Nc1ccc(Oc2ccccc2)cc1)c1cc(NC2CC2)ccn1. The molecule has 2 aromatic carbocycles. The Morgan fingerprint density at radius 2 is 1.65 bits per heavy atom. The lowest BCUT2D eigenvalue weighted by Gasteiger charge is -2.09. The summed E-state index contributed by atoms with van der Waals surface area (Å²) < 4.78 is 5.75. The first-order valence-electron chi connectivity index (χ1n) is 8.63. The molecule has 130 valence electrons. The molecule has 0 spiro atoms. The fraction of sp³-hybridized carbons (Fsp3) is 0.143. The van der Waals surface area contributed by atoms with Gasteiger partial charge in [-0.15, -0.1) is 0 Å². The van der Waals surface area contributed by atoms with E-state index >= 15 is 0 Å². The summed E-state index contributed by atoms with van der Waals surface area (Å²) in [5.41, 5.74) is 2.01. The molecule has 1 amide bonds. The fourth-order valence-electron chi connectivity index (χ4n) is 2.53. The standard InChI is InChI=1S/C21H19N3O2/c25-21(20-14-17(12-13-22-20)23-15-6-7-15)24-16-8-10-19(11-9-16)26-18-4-2-1-3-5-18/h1-5,8-15H,6-7H2,(H,22,23)(H,24,25). The van der Waals surface area contributed by atoms with Gasteiger partial charge in [0.2, 0.25) is 0 Å². The van der Waals surface area contributed by atoms with Crippen LogP contribution in [0.5, 0.6) is 11.5 Å². The van der Waals surface area contributed by atoms with Crippen molar-refractivity contribution in [3.63, 3.8) is 0 Å². The van der Waals surface area contributed by atoms with Gasteiger partial charge < -0.3 is 15.4 Å². The molecule has 3 aromatic rings. The fourth-order valence-corrected chi connectivity index (χ4v) is 2.53. The van der Waals surface area contributed by atoms with Crippen molar-refractivity contribution in [1.29, 1.82) is 0 Å². The Kier molecular flexibility index (Phi) is 4.51. The van der Waals surface area contributed by atoms with E-state index in [0.717, 1.165) is 11.4 Å². The molecule has 0 aliphatic heterocycles. The van der Waals surface area contributed by atoms with Crippen molar-refractivity contribution >= 4 is 17.3 Å². The van der Waals surface area contributed by atoms with Gasteiger partial charge in [-0.25, -0.2) is 0 Å². The zero-order valence-electron chi connectivity index (χ0n) is 14.2. The molecule has 0 bridgehead atoms. The molecular weight excluding hydrogens is 326 g/mol.